The Hall–Kier alpha value is -1.46. The van der Waals surface area contributed by atoms with E-state index in [1.807, 2.05) is 0 Å². The average molecular weight is 273 g/mol. The number of aliphatic hydroxyl groups is 1. The smallest absolute Gasteiger partial charge is 0.337 e. The first kappa shape index (κ1) is 14.6. The Morgan fingerprint density at radius 3 is 2.67 bits per heavy atom. The second-order valence-corrected chi connectivity index (χ2v) is 4.43. The molecular weight excluding hydrogens is 256 g/mol. The summed E-state index contributed by atoms with van der Waals surface area (Å²) in [5.41, 5.74) is 1.48. The van der Waals surface area contributed by atoms with Crippen LogP contribution in [0.2, 0.25) is 0 Å². The maximum absolute atomic E-state index is 11.1. The first-order valence-electron chi connectivity index (χ1n) is 5.48. The van der Waals surface area contributed by atoms with Crippen LogP contribution in [-0.4, -0.2) is 48.8 Å². The molecule has 100 valence electrons. The van der Waals surface area contributed by atoms with Gasteiger partial charge < -0.3 is 20.4 Å². The van der Waals surface area contributed by atoms with Crippen LogP contribution in [0.5, 0.6) is 0 Å². The summed E-state index contributed by atoms with van der Waals surface area (Å²) in [6.07, 6.45) is -0.659. The molecule has 18 heavy (non-hydrogen) atoms. The molecule has 0 radical (unpaired) electrons. The van der Waals surface area contributed by atoms with Crippen molar-refractivity contribution in [1.82, 2.24) is 0 Å². The minimum absolute atomic E-state index is 0.134. The molecule has 0 bridgehead atoms. The van der Waals surface area contributed by atoms with Crippen molar-refractivity contribution in [1.29, 1.82) is 0 Å². The fraction of sp³-hybridized carbons (Fsp3) is 0.417. The molecule has 0 spiro atoms. The summed E-state index contributed by atoms with van der Waals surface area (Å²) in [7, 11) is 3.57. The largest absolute Gasteiger partial charge is 0.478 e. The number of nitrogens with one attached hydrogen (secondary N) is 1. The van der Waals surface area contributed by atoms with Gasteiger partial charge in [-0.3, -0.25) is 0 Å². The van der Waals surface area contributed by atoms with Crippen LogP contribution in [0.25, 0.3) is 0 Å². The first-order chi connectivity index (χ1) is 8.45. The van der Waals surface area contributed by atoms with E-state index < -0.39 is 12.1 Å². The maximum atomic E-state index is 11.1. The quantitative estimate of drug-likeness (QED) is 0.684. The lowest BCUT2D eigenvalue weighted by molar-refractivity contribution is 0.0697. The van der Waals surface area contributed by atoms with Crippen LogP contribution in [0.3, 0.4) is 0 Å². The van der Waals surface area contributed by atoms with Crippen LogP contribution in [-0.2, 0) is 0 Å². The number of aliphatic hydroxyl groups excluding tert-OH is 1. The van der Waals surface area contributed by atoms with Gasteiger partial charge in [0.05, 0.1) is 23.2 Å². The zero-order valence-electron chi connectivity index (χ0n) is 10.4. The van der Waals surface area contributed by atoms with Crippen LogP contribution < -0.4 is 10.2 Å². The molecule has 0 aliphatic rings. The second kappa shape index (κ2) is 6.47. The van der Waals surface area contributed by atoms with Crippen molar-refractivity contribution in [3.63, 3.8) is 0 Å². The van der Waals surface area contributed by atoms with Gasteiger partial charge in [0.25, 0.3) is 0 Å². The Morgan fingerprint density at radius 2 is 2.17 bits per heavy atom. The molecule has 0 saturated heterocycles. The number of carbonyl (C=O) groups is 1. The van der Waals surface area contributed by atoms with E-state index in [1.165, 1.54) is 0 Å². The maximum Gasteiger partial charge on any atom is 0.337 e. The number of benzene rings is 1. The molecule has 1 aromatic rings. The molecule has 6 heteroatoms. The van der Waals surface area contributed by atoms with Crippen molar-refractivity contribution >= 4 is 28.9 Å². The lowest BCUT2D eigenvalue weighted by atomic mass is 10.1. The molecule has 0 amide bonds. The summed E-state index contributed by atoms with van der Waals surface area (Å²) < 4.78 is 0. The minimum Gasteiger partial charge on any atom is -0.478 e. The number of hydrogen-bond donors (Lipinski definition) is 3. The molecule has 1 unspecified atom stereocenters. The van der Waals surface area contributed by atoms with E-state index in [1.54, 1.807) is 37.2 Å². The van der Waals surface area contributed by atoms with Gasteiger partial charge in [0, 0.05) is 26.3 Å². The third kappa shape index (κ3) is 3.78. The number of nitrogens with zero attached hydrogens (tertiary/aromatic N) is 1. The van der Waals surface area contributed by atoms with Gasteiger partial charge in [0.2, 0.25) is 0 Å². The van der Waals surface area contributed by atoms with Crippen LogP contribution in [0, 0.1) is 0 Å². The number of aromatic carboxylic acids is 1. The molecule has 0 fully saturated rings. The van der Waals surface area contributed by atoms with Crippen molar-refractivity contribution in [2.45, 2.75) is 6.10 Å². The van der Waals surface area contributed by atoms with E-state index >= 15 is 0 Å². The number of carboxylic acid groups (broad SMARTS) is 1. The molecule has 1 rings (SSSR count). The Labute approximate surface area is 111 Å². The van der Waals surface area contributed by atoms with E-state index in [9.17, 15) is 9.90 Å². The summed E-state index contributed by atoms with van der Waals surface area (Å²) in [6, 6.07) is 5.03. The van der Waals surface area contributed by atoms with Crippen molar-refractivity contribution in [3.8, 4) is 0 Å². The van der Waals surface area contributed by atoms with Gasteiger partial charge in [-0.2, -0.15) is 0 Å². The monoisotopic (exact) mass is 272 g/mol. The summed E-state index contributed by atoms with van der Waals surface area (Å²) in [4.78, 5) is 12.9. The second-order valence-electron chi connectivity index (χ2n) is 4.12. The van der Waals surface area contributed by atoms with Crippen LogP contribution >= 0.6 is 11.6 Å². The van der Waals surface area contributed by atoms with Crippen LogP contribution in [0.1, 0.15) is 10.4 Å². The molecule has 5 nitrogen and oxygen atoms in total. The number of anilines is 2. The van der Waals surface area contributed by atoms with Crippen LogP contribution in [0.15, 0.2) is 18.2 Å². The number of hydrogen-bond acceptors (Lipinski definition) is 4. The molecular formula is C12H17ClN2O3. The highest BCUT2D eigenvalue weighted by atomic mass is 35.5. The number of alkyl halides is 1. The Morgan fingerprint density at radius 1 is 1.50 bits per heavy atom. The van der Waals surface area contributed by atoms with E-state index in [2.05, 4.69) is 5.32 Å². The summed E-state index contributed by atoms with van der Waals surface area (Å²) in [6.45, 7) is 0.282. The molecule has 0 aliphatic carbocycles. The lowest BCUT2D eigenvalue weighted by Gasteiger charge is -2.17. The van der Waals surface area contributed by atoms with Gasteiger partial charge in [-0.25, -0.2) is 4.79 Å². The average Bonchev–Trinajstić information content (AvgIpc) is 2.35. The van der Waals surface area contributed by atoms with E-state index in [0.717, 1.165) is 0 Å². The first-order valence-corrected chi connectivity index (χ1v) is 6.01. The summed E-state index contributed by atoms with van der Waals surface area (Å²) in [5, 5.41) is 21.4. The standard InChI is InChI=1S/C12H17ClN2O3/c1-15(2)11-4-3-8(5-10(11)12(17)18)14-7-9(16)6-13/h3-5,9,14,16H,6-7H2,1-2H3,(H,17,18). The van der Waals surface area contributed by atoms with E-state index in [-0.39, 0.29) is 18.0 Å². The predicted octanol–water partition coefficient (Wildman–Crippen LogP) is 1.46. The third-order valence-electron chi connectivity index (χ3n) is 2.43. The zero-order chi connectivity index (χ0) is 13.7. The van der Waals surface area contributed by atoms with Gasteiger partial charge in [0.15, 0.2) is 0 Å². The minimum atomic E-state index is -0.986. The molecule has 0 saturated carbocycles. The predicted molar refractivity (Wildman–Crippen MR) is 72.9 cm³/mol. The summed E-state index contributed by atoms with van der Waals surface area (Å²) in [5.74, 6) is -0.852. The molecule has 1 atom stereocenters. The molecule has 0 aromatic heterocycles. The highest BCUT2D eigenvalue weighted by Crippen LogP contribution is 2.22. The molecule has 0 heterocycles. The van der Waals surface area contributed by atoms with Crippen molar-refractivity contribution in [2.24, 2.45) is 0 Å². The van der Waals surface area contributed by atoms with E-state index in [4.69, 9.17) is 16.7 Å². The van der Waals surface area contributed by atoms with Crippen molar-refractivity contribution < 1.29 is 15.0 Å². The Balaban J connectivity index is 2.90. The topological polar surface area (TPSA) is 72.8 Å². The fourth-order valence-corrected chi connectivity index (χ4v) is 1.61. The fourth-order valence-electron chi connectivity index (χ4n) is 1.50. The van der Waals surface area contributed by atoms with Crippen LogP contribution in [0.4, 0.5) is 11.4 Å². The van der Waals surface area contributed by atoms with Gasteiger partial charge in [-0.1, -0.05) is 0 Å². The molecule has 3 N–H and O–H groups in total. The van der Waals surface area contributed by atoms with Gasteiger partial charge in [-0.05, 0) is 18.2 Å². The lowest BCUT2D eigenvalue weighted by Crippen LogP contribution is -2.21. The van der Waals surface area contributed by atoms with Gasteiger partial charge >= 0.3 is 5.97 Å². The number of carboxylic acids is 1. The van der Waals surface area contributed by atoms with E-state index in [0.29, 0.717) is 11.4 Å². The van der Waals surface area contributed by atoms with Crippen molar-refractivity contribution in [3.05, 3.63) is 23.8 Å². The molecule has 0 aliphatic heterocycles. The highest BCUT2D eigenvalue weighted by molar-refractivity contribution is 6.18. The Bertz CT molecular complexity index is 424. The number of rotatable bonds is 6. The SMILES string of the molecule is CN(C)c1ccc(NCC(O)CCl)cc1C(=O)O. The molecule has 1 aromatic carbocycles. The highest BCUT2D eigenvalue weighted by Gasteiger charge is 2.12. The zero-order valence-corrected chi connectivity index (χ0v) is 11.1. The third-order valence-corrected chi connectivity index (χ3v) is 2.78. The van der Waals surface area contributed by atoms with Crippen molar-refractivity contribution in [2.75, 3.05) is 36.7 Å². The number of halogens is 1. The Kier molecular flexibility index (Phi) is 5.25. The van der Waals surface area contributed by atoms with Gasteiger partial charge in [-0.15, -0.1) is 11.6 Å². The normalized spacial score (nSPS) is 12.0. The van der Waals surface area contributed by atoms with Gasteiger partial charge in [0.1, 0.15) is 0 Å². The summed E-state index contributed by atoms with van der Waals surface area (Å²) >= 11 is 5.48.